The second-order valence-corrected chi connectivity index (χ2v) is 8.00. The predicted octanol–water partition coefficient (Wildman–Crippen LogP) is 3.71. The van der Waals surface area contributed by atoms with Crippen LogP contribution in [-0.2, 0) is 10.0 Å². The SMILES string of the molecule is Cc1ccc(F)c(S(=O)(=O)Nc2ccc(SC(=O)N(C)C)cc2)c1. The number of nitrogens with one attached hydrogen (secondary N) is 1. The first-order valence-electron chi connectivity index (χ1n) is 6.97. The van der Waals surface area contributed by atoms with Crippen molar-refractivity contribution in [2.75, 3.05) is 18.8 Å². The Balaban J connectivity index is 2.18. The minimum absolute atomic E-state index is 0.134. The van der Waals surface area contributed by atoms with Crippen LogP contribution in [0.1, 0.15) is 5.56 Å². The highest BCUT2D eigenvalue weighted by Crippen LogP contribution is 2.24. The number of carbonyl (C=O) groups excluding carboxylic acids is 1. The molecule has 2 rings (SSSR count). The summed E-state index contributed by atoms with van der Waals surface area (Å²) in [5.74, 6) is -0.808. The molecule has 0 heterocycles. The van der Waals surface area contributed by atoms with Gasteiger partial charge in [0, 0.05) is 24.7 Å². The number of hydrogen-bond acceptors (Lipinski definition) is 4. The Morgan fingerprint density at radius 2 is 1.75 bits per heavy atom. The first-order valence-corrected chi connectivity index (χ1v) is 9.27. The second kappa shape index (κ2) is 7.23. The van der Waals surface area contributed by atoms with Gasteiger partial charge in [0.15, 0.2) is 0 Å². The lowest BCUT2D eigenvalue weighted by Crippen LogP contribution is -2.16. The summed E-state index contributed by atoms with van der Waals surface area (Å²) in [4.78, 5) is 13.3. The number of amides is 1. The molecule has 8 heteroatoms. The minimum Gasteiger partial charge on any atom is -0.339 e. The van der Waals surface area contributed by atoms with Crippen molar-refractivity contribution in [3.63, 3.8) is 0 Å². The molecule has 1 N–H and O–H groups in total. The molecular formula is C16H17FN2O3S2. The van der Waals surface area contributed by atoms with Gasteiger partial charge in [0.05, 0.1) is 0 Å². The maximum absolute atomic E-state index is 13.8. The van der Waals surface area contributed by atoms with Crippen molar-refractivity contribution in [3.8, 4) is 0 Å². The smallest absolute Gasteiger partial charge is 0.285 e. The Labute approximate surface area is 144 Å². The third kappa shape index (κ3) is 4.48. The van der Waals surface area contributed by atoms with Crippen LogP contribution in [0.5, 0.6) is 0 Å². The van der Waals surface area contributed by atoms with Gasteiger partial charge in [-0.15, -0.1) is 0 Å². The topological polar surface area (TPSA) is 66.5 Å². The average Bonchev–Trinajstić information content (AvgIpc) is 2.51. The molecular weight excluding hydrogens is 351 g/mol. The molecule has 0 bridgehead atoms. The van der Waals surface area contributed by atoms with Crippen molar-refractivity contribution >= 4 is 32.7 Å². The van der Waals surface area contributed by atoms with Gasteiger partial charge in [-0.2, -0.15) is 0 Å². The highest BCUT2D eigenvalue weighted by atomic mass is 32.2. The van der Waals surface area contributed by atoms with E-state index < -0.39 is 20.7 Å². The molecule has 5 nitrogen and oxygen atoms in total. The molecule has 0 aliphatic heterocycles. The molecule has 0 atom stereocenters. The molecule has 1 amide bonds. The maximum Gasteiger partial charge on any atom is 0.285 e. The molecule has 2 aromatic carbocycles. The van der Waals surface area contributed by atoms with Crippen molar-refractivity contribution in [3.05, 3.63) is 53.8 Å². The van der Waals surface area contributed by atoms with Crippen LogP contribution in [0.2, 0.25) is 0 Å². The van der Waals surface area contributed by atoms with E-state index in [9.17, 15) is 17.6 Å². The second-order valence-electron chi connectivity index (χ2n) is 5.33. The Morgan fingerprint density at radius 3 is 2.33 bits per heavy atom. The van der Waals surface area contributed by atoms with Gasteiger partial charge < -0.3 is 4.90 Å². The molecule has 24 heavy (non-hydrogen) atoms. The van der Waals surface area contributed by atoms with Crippen molar-refractivity contribution in [2.45, 2.75) is 16.7 Å². The fourth-order valence-corrected chi connectivity index (χ4v) is 3.69. The highest BCUT2D eigenvalue weighted by molar-refractivity contribution is 8.13. The molecule has 0 aliphatic carbocycles. The van der Waals surface area contributed by atoms with Crippen LogP contribution in [-0.4, -0.2) is 32.7 Å². The summed E-state index contributed by atoms with van der Waals surface area (Å²) < 4.78 is 40.7. The molecule has 0 saturated heterocycles. The van der Waals surface area contributed by atoms with Crippen LogP contribution in [0.3, 0.4) is 0 Å². The summed E-state index contributed by atoms with van der Waals surface area (Å²) in [6.07, 6.45) is 0. The zero-order valence-corrected chi connectivity index (χ0v) is 15.0. The van der Waals surface area contributed by atoms with Gasteiger partial charge in [-0.1, -0.05) is 6.07 Å². The number of hydrogen-bond donors (Lipinski definition) is 1. The van der Waals surface area contributed by atoms with E-state index in [0.717, 1.165) is 17.8 Å². The zero-order chi connectivity index (χ0) is 17.9. The number of carbonyl (C=O) groups is 1. The summed E-state index contributed by atoms with van der Waals surface area (Å²) in [7, 11) is -0.729. The van der Waals surface area contributed by atoms with Crippen LogP contribution in [0.15, 0.2) is 52.3 Å². The molecule has 0 aliphatic rings. The van der Waals surface area contributed by atoms with E-state index in [-0.39, 0.29) is 10.9 Å². The average molecular weight is 368 g/mol. The highest BCUT2D eigenvalue weighted by Gasteiger charge is 2.19. The number of nitrogens with zero attached hydrogens (tertiary/aromatic N) is 1. The molecule has 0 fully saturated rings. The number of anilines is 1. The van der Waals surface area contributed by atoms with Crippen molar-refractivity contribution in [1.29, 1.82) is 0 Å². The Kier molecular flexibility index (Phi) is 5.51. The van der Waals surface area contributed by atoms with Crippen LogP contribution in [0, 0.1) is 12.7 Å². The lowest BCUT2D eigenvalue weighted by molar-refractivity contribution is 0.241. The Bertz CT molecular complexity index is 850. The van der Waals surface area contributed by atoms with Gasteiger partial charge in [0.25, 0.3) is 15.3 Å². The molecule has 0 aromatic heterocycles. The van der Waals surface area contributed by atoms with E-state index in [1.165, 1.54) is 29.2 Å². The van der Waals surface area contributed by atoms with Crippen LogP contribution in [0.4, 0.5) is 14.9 Å². The number of halogens is 1. The number of thioether (sulfide) groups is 1. The van der Waals surface area contributed by atoms with E-state index in [4.69, 9.17) is 0 Å². The molecule has 0 saturated carbocycles. The number of aryl methyl sites for hydroxylation is 1. The quantitative estimate of drug-likeness (QED) is 0.836. The van der Waals surface area contributed by atoms with E-state index in [1.807, 2.05) is 0 Å². The third-order valence-corrected chi connectivity index (χ3v) is 5.50. The monoisotopic (exact) mass is 368 g/mol. The van der Waals surface area contributed by atoms with E-state index in [2.05, 4.69) is 4.72 Å². The van der Waals surface area contributed by atoms with Crippen molar-refractivity contribution in [2.24, 2.45) is 0 Å². The lowest BCUT2D eigenvalue weighted by Gasteiger charge is -2.11. The number of sulfonamides is 1. The number of benzene rings is 2. The molecule has 2 aromatic rings. The summed E-state index contributed by atoms with van der Waals surface area (Å²) in [5, 5.41) is -0.134. The fourth-order valence-electron chi connectivity index (χ4n) is 1.81. The van der Waals surface area contributed by atoms with Gasteiger partial charge in [0.2, 0.25) is 0 Å². The Hall–Kier alpha value is -2.06. The van der Waals surface area contributed by atoms with Gasteiger partial charge in [-0.05, 0) is 60.6 Å². The molecule has 128 valence electrons. The standard InChI is InChI=1S/C16H17FN2O3S2/c1-11-4-9-14(17)15(10-11)24(21,22)18-12-5-7-13(8-6-12)23-16(20)19(2)3/h4-10,18H,1-3H3. The summed E-state index contributed by atoms with van der Waals surface area (Å²) in [6, 6.07) is 10.2. The van der Waals surface area contributed by atoms with E-state index in [1.54, 1.807) is 33.2 Å². The first-order chi connectivity index (χ1) is 11.2. The molecule has 0 unspecified atom stereocenters. The van der Waals surface area contributed by atoms with Crippen LogP contribution < -0.4 is 4.72 Å². The minimum atomic E-state index is -4.02. The van der Waals surface area contributed by atoms with Crippen LogP contribution in [0.25, 0.3) is 0 Å². The predicted molar refractivity (Wildman–Crippen MR) is 93.3 cm³/mol. The van der Waals surface area contributed by atoms with E-state index >= 15 is 0 Å². The lowest BCUT2D eigenvalue weighted by atomic mass is 10.2. The van der Waals surface area contributed by atoms with Crippen LogP contribution >= 0.6 is 11.8 Å². The van der Waals surface area contributed by atoms with Gasteiger partial charge in [-0.25, -0.2) is 12.8 Å². The number of rotatable bonds is 4. The largest absolute Gasteiger partial charge is 0.339 e. The first kappa shape index (κ1) is 18.3. The fraction of sp³-hybridized carbons (Fsp3) is 0.188. The van der Waals surface area contributed by atoms with Gasteiger partial charge in [0.1, 0.15) is 10.7 Å². The third-order valence-electron chi connectivity index (χ3n) is 3.05. The van der Waals surface area contributed by atoms with Crippen molar-refractivity contribution < 1.29 is 17.6 Å². The molecule has 0 radical (unpaired) electrons. The van der Waals surface area contributed by atoms with Crippen molar-refractivity contribution in [1.82, 2.24) is 4.90 Å². The van der Waals surface area contributed by atoms with E-state index in [0.29, 0.717) is 10.5 Å². The Morgan fingerprint density at radius 1 is 1.12 bits per heavy atom. The maximum atomic E-state index is 13.8. The zero-order valence-electron chi connectivity index (χ0n) is 13.4. The normalized spacial score (nSPS) is 11.2. The molecule has 0 spiro atoms. The summed E-state index contributed by atoms with van der Waals surface area (Å²) >= 11 is 1.03. The van der Waals surface area contributed by atoms with Gasteiger partial charge >= 0.3 is 0 Å². The summed E-state index contributed by atoms with van der Waals surface area (Å²) in [5.41, 5.74) is 0.934. The van der Waals surface area contributed by atoms with Gasteiger partial charge in [-0.3, -0.25) is 9.52 Å². The summed E-state index contributed by atoms with van der Waals surface area (Å²) in [6.45, 7) is 1.69.